The van der Waals surface area contributed by atoms with Crippen molar-refractivity contribution in [3.05, 3.63) is 11.1 Å². The van der Waals surface area contributed by atoms with Crippen LogP contribution >= 0.6 is 23.1 Å². The summed E-state index contributed by atoms with van der Waals surface area (Å²) in [5, 5.41) is 1.22. The van der Waals surface area contributed by atoms with Crippen molar-refractivity contribution in [3.63, 3.8) is 0 Å². The Bertz CT molecular complexity index is 675. The summed E-state index contributed by atoms with van der Waals surface area (Å²) in [5.41, 5.74) is 0.446. The van der Waals surface area contributed by atoms with Crippen molar-refractivity contribution in [1.29, 1.82) is 0 Å². The van der Waals surface area contributed by atoms with Crippen LogP contribution in [0.5, 0.6) is 0 Å². The number of thiazole rings is 1. The number of anilines is 1. The van der Waals surface area contributed by atoms with Crippen LogP contribution in [0.1, 0.15) is 26.0 Å². The lowest BCUT2D eigenvalue weighted by molar-refractivity contribution is -0.142. The van der Waals surface area contributed by atoms with E-state index in [2.05, 4.69) is 4.98 Å². The molecular formula is C15H18N2O6S2. The molecule has 1 aliphatic rings. The maximum atomic E-state index is 12.4. The largest absolute Gasteiger partial charge is 0.466 e. The highest BCUT2D eigenvalue weighted by Crippen LogP contribution is 2.31. The van der Waals surface area contributed by atoms with E-state index in [1.54, 1.807) is 19.2 Å². The molecule has 1 unspecified atom stereocenters. The van der Waals surface area contributed by atoms with Crippen LogP contribution in [0, 0.1) is 0 Å². The van der Waals surface area contributed by atoms with Crippen LogP contribution in [0.25, 0.3) is 0 Å². The molecule has 0 bridgehead atoms. The Morgan fingerprint density at radius 2 is 1.96 bits per heavy atom. The zero-order valence-corrected chi connectivity index (χ0v) is 15.5. The van der Waals surface area contributed by atoms with Crippen molar-refractivity contribution in [2.45, 2.75) is 31.9 Å². The quantitative estimate of drug-likeness (QED) is 0.485. The summed E-state index contributed by atoms with van der Waals surface area (Å²) in [4.78, 5) is 52.6. The van der Waals surface area contributed by atoms with E-state index in [1.165, 1.54) is 0 Å². The van der Waals surface area contributed by atoms with Crippen LogP contribution in [-0.2, 0) is 35.1 Å². The lowest BCUT2D eigenvalue weighted by Crippen LogP contribution is -2.31. The highest BCUT2D eigenvalue weighted by atomic mass is 32.2. The number of imide groups is 1. The summed E-state index contributed by atoms with van der Waals surface area (Å²) in [6.45, 7) is 3.95. The summed E-state index contributed by atoms with van der Waals surface area (Å²) in [6, 6.07) is 0. The van der Waals surface area contributed by atoms with Gasteiger partial charge in [-0.1, -0.05) is 0 Å². The summed E-state index contributed by atoms with van der Waals surface area (Å²) in [5.74, 6) is -1.60. The molecule has 10 heteroatoms. The second-order valence-electron chi connectivity index (χ2n) is 4.98. The third-order valence-corrected chi connectivity index (χ3v) is 5.22. The molecule has 1 aliphatic heterocycles. The van der Waals surface area contributed by atoms with E-state index in [-0.39, 0.29) is 42.8 Å². The summed E-state index contributed by atoms with van der Waals surface area (Å²) >= 11 is 2.20. The molecule has 1 aromatic rings. The molecule has 0 N–H and O–H groups in total. The number of carbonyl (C=O) groups excluding carboxylic acids is 4. The second kappa shape index (κ2) is 8.95. The second-order valence-corrected chi connectivity index (χ2v) is 7.01. The number of rotatable bonds is 8. The third kappa shape index (κ3) is 5.02. The molecule has 1 atom stereocenters. The van der Waals surface area contributed by atoms with Gasteiger partial charge in [0.2, 0.25) is 11.8 Å². The van der Waals surface area contributed by atoms with Gasteiger partial charge < -0.3 is 9.47 Å². The molecule has 0 spiro atoms. The molecule has 1 saturated heterocycles. The number of aromatic nitrogens is 1. The van der Waals surface area contributed by atoms with Gasteiger partial charge in [-0.05, 0) is 13.8 Å². The molecule has 25 heavy (non-hydrogen) atoms. The fourth-order valence-corrected chi connectivity index (χ4v) is 3.92. The van der Waals surface area contributed by atoms with Gasteiger partial charge in [-0.25, -0.2) is 9.88 Å². The van der Waals surface area contributed by atoms with Crippen LogP contribution in [0.2, 0.25) is 0 Å². The molecule has 1 aromatic heterocycles. The average Bonchev–Trinajstić information content (AvgIpc) is 3.10. The lowest BCUT2D eigenvalue weighted by atomic mass is 10.3. The molecule has 2 rings (SSSR count). The molecule has 0 radical (unpaired) electrons. The highest BCUT2D eigenvalue weighted by Gasteiger charge is 2.41. The number of hydrogen-bond donors (Lipinski definition) is 0. The van der Waals surface area contributed by atoms with Crippen LogP contribution < -0.4 is 4.90 Å². The van der Waals surface area contributed by atoms with Gasteiger partial charge in [0.1, 0.15) is 0 Å². The molecule has 1 fully saturated rings. The fourth-order valence-electron chi connectivity index (χ4n) is 2.15. The zero-order valence-electron chi connectivity index (χ0n) is 13.9. The molecular weight excluding hydrogens is 368 g/mol. The Morgan fingerprint density at radius 1 is 1.28 bits per heavy atom. The van der Waals surface area contributed by atoms with Crippen LogP contribution in [0.3, 0.4) is 0 Å². The van der Waals surface area contributed by atoms with Crippen LogP contribution in [-0.4, -0.2) is 53.0 Å². The van der Waals surface area contributed by atoms with Crippen molar-refractivity contribution >= 4 is 52.0 Å². The minimum absolute atomic E-state index is 0.00962. The van der Waals surface area contributed by atoms with E-state index in [0.717, 1.165) is 28.0 Å². The Morgan fingerprint density at radius 3 is 2.64 bits per heavy atom. The van der Waals surface area contributed by atoms with Gasteiger partial charge in [0.15, 0.2) is 5.13 Å². The monoisotopic (exact) mass is 386 g/mol. The number of ether oxygens (including phenoxy) is 2. The van der Waals surface area contributed by atoms with Crippen molar-refractivity contribution < 1.29 is 28.7 Å². The standard InChI is InChI=1S/C15H18N2O6S2/c1-3-22-12(19)5-9-7-25-15(16-9)17-11(18)6-10(14(17)21)24-8-13(20)23-4-2/h7,10H,3-6,8H2,1-2H3. The van der Waals surface area contributed by atoms with Gasteiger partial charge in [0, 0.05) is 11.8 Å². The van der Waals surface area contributed by atoms with E-state index in [0.29, 0.717) is 5.69 Å². The van der Waals surface area contributed by atoms with E-state index in [9.17, 15) is 19.2 Å². The first-order valence-electron chi connectivity index (χ1n) is 7.70. The van der Waals surface area contributed by atoms with Gasteiger partial charge in [-0.2, -0.15) is 0 Å². The van der Waals surface area contributed by atoms with Crippen LogP contribution in [0.15, 0.2) is 5.38 Å². The van der Waals surface area contributed by atoms with Gasteiger partial charge in [-0.15, -0.1) is 23.1 Å². The molecule has 0 saturated carbocycles. The molecule has 2 heterocycles. The van der Waals surface area contributed by atoms with Crippen molar-refractivity contribution in [2.75, 3.05) is 23.9 Å². The van der Waals surface area contributed by atoms with Crippen LogP contribution in [0.4, 0.5) is 5.13 Å². The highest BCUT2D eigenvalue weighted by molar-refractivity contribution is 8.01. The van der Waals surface area contributed by atoms with E-state index in [1.807, 2.05) is 0 Å². The number of thioether (sulfide) groups is 1. The Labute approximate surface area is 152 Å². The third-order valence-electron chi connectivity index (χ3n) is 3.17. The first-order chi connectivity index (χ1) is 12.0. The first kappa shape index (κ1) is 19.4. The van der Waals surface area contributed by atoms with Gasteiger partial charge in [-0.3, -0.25) is 19.2 Å². The van der Waals surface area contributed by atoms with Gasteiger partial charge in [0.05, 0.1) is 36.3 Å². The SMILES string of the molecule is CCOC(=O)CSC1CC(=O)N(c2nc(CC(=O)OCC)cs2)C1=O. The predicted molar refractivity (Wildman–Crippen MR) is 92.4 cm³/mol. The van der Waals surface area contributed by atoms with Crippen molar-refractivity contribution in [3.8, 4) is 0 Å². The Kier molecular flexibility index (Phi) is 6.94. The number of amides is 2. The first-order valence-corrected chi connectivity index (χ1v) is 9.63. The van der Waals surface area contributed by atoms with Crippen molar-refractivity contribution in [2.24, 2.45) is 0 Å². The average molecular weight is 386 g/mol. The Balaban J connectivity index is 1.99. The smallest absolute Gasteiger partial charge is 0.315 e. The zero-order chi connectivity index (χ0) is 18.4. The summed E-state index contributed by atoms with van der Waals surface area (Å²) in [6.07, 6.45) is -0.00269. The normalized spacial score (nSPS) is 17.0. The molecule has 136 valence electrons. The molecule has 0 aliphatic carbocycles. The van der Waals surface area contributed by atoms with Gasteiger partial charge >= 0.3 is 11.9 Å². The summed E-state index contributed by atoms with van der Waals surface area (Å²) < 4.78 is 9.66. The minimum Gasteiger partial charge on any atom is -0.466 e. The fraction of sp³-hybridized carbons (Fsp3) is 0.533. The van der Waals surface area contributed by atoms with E-state index < -0.39 is 23.1 Å². The number of hydrogen-bond acceptors (Lipinski definition) is 9. The van der Waals surface area contributed by atoms with E-state index in [4.69, 9.17) is 9.47 Å². The number of carbonyl (C=O) groups is 4. The maximum absolute atomic E-state index is 12.4. The van der Waals surface area contributed by atoms with Gasteiger partial charge in [0.25, 0.3) is 0 Å². The van der Waals surface area contributed by atoms with Crippen molar-refractivity contribution in [1.82, 2.24) is 4.98 Å². The molecule has 8 nitrogen and oxygen atoms in total. The topological polar surface area (TPSA) is 103 Å². The predicted octanol–water partition coefficient (Wildman–Crippen LogP) is 1.18. The molecule has 2 amide bonds. The maximum Gasteiger partial charge on any atom is 0.315 e. The van der Waals surface area contributed by atoms with E-state index >= 15 is 0 Å². The summed E-state index contributed by atoms with van der Waals surface area (Å²) in [7, 11) is 0. The minimum atomic E-state index is -0.630. The number of nitrogens with zero attached hydrogens (tertiary/aromatic N) is 2. The lowest BCUT2D eigenvalue weighted by Gasteiger charge is -2.11. The molecule has 0 aromatic carbocycles. The number of esters is 2. The Hall–Kier alpha value is -1.94.